The van der Waals surface area contributed by atoms with Gasteiger partial charge in [-0.1, -0.05) is 29.7 Å². The second-order valence-electron chi connectivity index (χ2n) is 7.22. The van der Waals surface area contributed by atoms with Gasteiger partial charge in [0.1, 0.15) is 0 Å². The van der Waals surface area contributed by atoms with Crippen molar-refractivity contribution < 1.29 is 0 Å². The maximum atomic E-state index is 2.63. The summed E-state index contributed by atoms with van der Waals surface area (Å²) >= 11 is 0. The minimum absolute atomic E-state index is 0.452. The van der Waals surface area contributed by atoms with Crippen molar-refractivity contribution in [2.75, 3.05) is 0 Å². The lowest BCUT2D eigenvalue weighted by atomic mass is 9.63. The van der Waals surface area contributed by atoms with E-state index in [2.05, 4.69) is 40.7 Å². The van der Waals surface area contributed by atoms with Crippen LogP contribution in [0.5, 0.6) is 0 Å². The van der Waals surface area contributed by atoms with Crippen LogP contribution in [0.25, 0.3) is 0 Å². The molecule has 3 unspecified atom stereocenters. The maximum absolute atomic E-state index is 2.63. The quantitative estimate of drug-likeness (QED) is 0.497. The lowest BCUT2D eigenvalue weighted by molar-refractivity contribution is 0.275. The molecule has 0 N–H and O–H groups in total. The first-order valence-electron chi connectivity index (χ1n) is 7.52. The Balaban J connectivity index is 2.20. The van der Waals surface area contributed by atoms with Gasteiger partial charge < -0.3 is 0 Å². The van der Waals surface area contributed by atoms with Crippen LogP contribution in [0, 0.1) is 17.3 Å². The third-order valence-electron chi connectivity index (χ3n) is 5.35. The fraction of sp³-hybridized carbons (Fsp3) is 0.667. The fourth-order valence-corrected chi connectivity index (χ4v) is 4.97. The monoisotopic (exact) mass is 242 g/mol. The molecule has 0 radical (unpaired) electrons. The zero-order chi connectivity index (χ0) is 13.1. The largest absolute Gasteiger partial charge is 0.0769 e. The lowest BCUT2D eigenvalue weighted by Crippen LogP contribution is -2.29. The van der Waals surface area contributed by atoms with E-state index in [4.69, 9.17) is 0 Å². The van der Waals surface area contributed by atoms with Crippen molar-refractivity contribution in [1.82, 2.24) is 0 Å². The van der Waals surface area contributed by atoms with Crippen LogP contribution in [0.3, 0.4) is 0 Å². The molecule has 98 valence electrons. The molecule has 0 aromatic carbocycles. The highest BCUT2D eigenvalue weighted by Gasteiger charge is 2.54. The number of hydrogen-bond donors (Lipinski definition) is 0. The molecule has 18 heavy (non-hydrogen) atoms. The second-order valence-corrected chi connectivity index (χ2v) is 7.22. The normalized spacial score (nSPS) is 37.7. The molecule has 0 aromatic heterocycles. The van der Waals surface area contributed by atoms with Crippen molar-refractivity contribution in [3.05, 3.63) is 33.9 Å². The number of rotatable bonds is 0. The van der Waals surface area contributed by atoms with Gasteiger partial charge in [-0.3, -0.25) is 0 Å². The van der Waals surface area contributed by atoms with Crippen LogP contribution in [0.4, 0.5) is 0 Å². The van der Waals surface area contributed by atoms with Crippen molar-refractivity contribution in [1.29, 1.82) is 0 Å². The van der Waals surface area contributed by atoms with E-state index in [-0.39, 0.29) is 0 Å². The second kappa shape index (κ2) is 3.85. The first kappa shape index (κ1) is 12.3. The van der Waals surface area contributed by atoms with Crippen molar-refractivity contribution in [2.24, 2.45) is 17.3 Å². The molecule has 0 heterocycles. The highest BCUT2D eigenvalue weighted by Crippen LogP contribution is 2.66. The third kappa shape index (κ3) is 1.44. The van der Waals surface area contributed by atoms with Crippen LogP contribution in [-0.2, 0) is 0 Å². The Kier molecular flexibility index (Phi) is 2.63. The molecule has 3 atom stereocenters. The molecule has 0 aromatic rings. The average Bonchev–Trinajstić information content (AvgIpc) is 2.77. The van der Waals surface area contributed by atoms with E-state index in [0.29, 0.717) is 5.41 Å². The Bertz CT molecular complexity index is 478. The molecular formula is C18H26. The van der Waals surface area contributed by atoms with E-state index in [1.165, 1.54) is 25.7 Å². The third-order valence-corrected chi connectivity index (χ3v) is 5.35. The van der Waals surface area contributed by atoms with Gasteiger partial charge in [0.15, 0.2) is 0 Å². The predicted octanol–water partition coefficient (Wildman–Crippen LogP) is 5.43. The molecule has 3 rings (SSSR count). The molecular weight excluding hydrogens is 216 g/mol. The van der Waals surface area contributed by atoms with Gasteiger partial charge in [-0.15, -0.1) is 0 Å². The summed E-state index contributed by atoms with van der Waals surface area (Å²) in [5, 5.41) is 0. The van der Waals surface area contributed by atoms with Crippen LogP contribution >= 0.6 is 0 Å². The molecule has 0 amide bonds. The van der Waals surface area contributed by atoms with Gasteiger partial charge >= 0.3 is 0 Å². The Morgan fingerprint density at radius 2 is 1.83 bits per heavy atom. The van der Waals surface area contributed by atoms with Crippen molar-refractivity contribution in [2.45, 2.75) is 60.3 Å². The van der Waals surface area contributed by atoms with Crippen molar-refractivity contribution >= 4 is 0 Å². The highest BCUT2D eigenvalue weighted by molar-refractivity contribution is 5.59. The number of allylic oxidation sites excluding steroid dienone is 6. The predicted molar refractivity (Wildman–Crippen MR) is 78.4 cm³/mol. The van der Waals surface area contributed by atoms with Gasteiger partial charge in [0.05, 0.1) is 0 Å². The van der Waals surface area contributed by atoms with Crippen LogP contribution in [0.2, 0.25) is 0 Å². The fourth-order valence-electron chi connectivity index (χ4n) is 4.97. The Labute approximate surface area is 112 Å². The van der Waals surface area contributed by atoms with Crippen molar-refractivity contribution in [3.8, 4) is 0 Å². The Morgan fingerprint density at radius 1 is 1.11 bits per heavy atom. The van der Waals surface area contributed by atoms with Gasteiger partial charge in [0.2, 0.25) is 0 Å². The Morgan fingerprint density at radius 3 is 2.44 bits per heavy atom. The molecule has 2 bridgehead atoms. The van der Waals surface area contributed by atoms with E-state index in [0.717, 1.165) is 11.8 Å². The molecule has 1 spiro atoms. The molecule has 3 aliphatic rings. The summed E-state index contributed by atoms with van der Waals surface area (Å²) in [4.78, 5) is 0. The summed E-state index contributed by atoms with van der Waals surface area (Å²) in [6, 6.07) is 0. The van der Waals surface area contributed by atoms with Gasteiger partial charge in [-0.05, 0) is 70.4 Å². The maximum Gasteiger partial charge on any atom is 0.0175 e. The van der Waals surface area contributed by atoms with Gasteiger partial charge in [-0.2, -0.15) is 0 Å². The molecule has 0 heteroatoms. The standard InChI is InChI=1S/C18H26/c1-11(2)16-14-8-15-7-6-13(5)9-18(15,10-14)17(16)12(3)4/h8,13-14H,6-7,9-10H2,1-5H3. The van der Waals surface area contributed by atoms with Gasteiger partial charge in [-0.25, -0.2) is 0 Å². The van der Waals surface area contributed by atoms with Crippen molar-refractivity contribution in [3.63, 3.8) is 0 Å². The van der Waals surface area contributed by atoms with E-state index in [9.17, 15) is 0 Å². The summed E-state index contributed by atoms with van der Waals surface area (Å²) in [6.07, 6.45) is 8.16. The van der Waals surface area contributed by atoms with Crippen LogP contribution < -0.4 is 0 Å². The summed E-state index contributed by atoms with van der Waals surface area (Å²) in [5.74, 6) is 1.63. The van der Waals surface area contributed by atoms with E-state index >= 15 is 0 Å². The zero-order valence-electron chi connectivity index (χ0n) is 12.6. The smallest absolute Gasteiger partial charge is 0.0175 e. The summed E-state index contributed by atoms with van der Waals surface area (Å²) in [5.41, 5.74) is 8.76. The molecule has 2 saturated carbocycles. The van der Waals surface area contributed by atoms with E-state index in [1.807, 2.05) is 0 Å². The van der Waals surface area contributed by atoms with Crippen LogP contribution in [0.1, 0.15) is 60.3 Å². The molecule has 2 fully saturated rings. The van der Waals surface area contributed by atoms with Crippen LogP contribution in [0.15, 0.2) is 33.9 Å². The minimum atomic E-state index is 0.452. The van der Waals surface area contributed by atoms with Crippen LogP contribution in [-0.4, -0.2) is 0 Å². The summed E-state index contributed by atoms with van der Waals surface area (Å²) < 4.78 is 0. The molecule has 3 aliphatic carbocycles. The summed E-state index contributed by atoms with van der Waals surface area (Å²) in [6.45, 7) is 11.7. The average molecular weight is 242 g/mol. The zero-order valence-corrected chi connectivity index (χ0v) is 12.6. The molecule has 0 aliphatic heterocycles. The van der Waals surface area contributed by atoms with Gasteiger partial charge in [0, 0.05) is 11.3 Å². The lowest BCUT2D eigenvalue weighted by Gasteiger charge is -2.41. The Hall–Kier alpha value is -0.780. The number of fused-ring (bicyclic) bond motifs is 1. The molecule has 0 saturated heterocycles. The topological polar surface area (TPSA) is 0 Å². The first-order chi connectivity index (χ1) is 8.45. The van der Waals surface area contributed by atoms with E-state index < -0.39 is 0 Å². The van der Waals surface area contributed by atoms with E-state index in [1.54, 1.807) is 27.9 Å². The minimum Gasteiger partial charge on any atom is -0.0769 e. The summed E-state index contributed by atoms with van der Waals surface area (Å²) in [7, 11) is 0. The number of hydrogen-bond acceptors (Lipinski definition) is 0. The SMILES string of the molecule is CC(C)=C1C(=C(C)C)C23CC(C)CCC2=CC1C3. The van der Waals surface area contributed by atoms with Gasteiger partial charge in [0.25, 0.3) is 0 Å². The highest BCUT2D eigenvalue weighted by atomic mass is 14.6. The molecule has 0 nitrogen and oxygen atoms in total. The first-order valence-corrected chi connectivity index (χ1v) is 7.52.